The van der Waals surface area contributed by atoms with Crippen molar-refractivity contribution in [2.24, 2.45) is 5.92 Å². The molecule has 0 atom stereocenters. The monoisotopic (exact) mass is 489 g/mol. The number of ether oxygens (including phenoxy) is 1. The van der Waals surface area contributed by atoms with Crippen molar-refractivity contribution in [2.75, 3.05) is 31.1 Å². The molecule has 0 N–H and O–H groups in total. The van der Waals surface area contributed by atoms with E-state index in [1.807, 2.05) is 32.0 Å². The van der Waals surface area contributed by atoms with Crippen molar-refractivity contribution in [3.05, 3.63) is 65.4 Å². The first-order valence-electron chi connectivity index (χ1n) is 12.9. The molecule has 190 valence electrons. The highest BCUT2D eigenvalue weighted by Crippen LogP contribution is 2.22. The number of anilines is 1. The third-order valence-corrected chi connectivity index (χ3v) is 6.73. The lowest BCUT2D eigenvalue weighted by atomic mass is 9.96. The fourth-order valence-electron chi connectivity index (χ4n) is 4.70. The van der Waals surface area contributed by atoms with Crippen LogP contribution in [0.4, 0.5) is 5.82 Å². The average molecular weight is 490 g/mol. The number of hydrogen-bond donors (Lipinski definition) is 0. The number of rotatable bonds is 7. The first-order valence-corrected chi connectivity index (χ1v) is 12.9. The first kappa shape index (κ1) is 25.6. The Bertz CT molecular complexity index is 1100. The third-order valence-electron chi connectivity index (χ3n) is 6.73. The van der Waals surface area contributed by atoms with Crippen LogP contribution >= 0.6 is 0 Å². The Labute approximate surface area is 213 Å². The van der Waals surface area contributed by atoms with Crippen LogP contribution in [0.25, 0.3) is 6.08 Å². The average Bonchev–Trinajstić information content (AvgIpc) is 2.92. The Morgan fingerprint density at radius 3 is 2.25 bits per heavy atom. The summed E-state index contributed by atoms with van der Waals surface area (Å²) >= 11 is 0. The zero-order chi connectivity index (χ0) is 25.5. The minimum absolute atomic E-state index is 0.0843. The van der Waals surface area contributed by atoms with Gasteiger partial charge in [-0.1, -0.05) is 18.2 Å². The molecular formula is C29H35N3O4. The number of nitrogens with zero attached hydrogens (tertiary/aromatic N) is 3. The van der Waals surface area contributed by atoms with Gasteiger partial charge >= 0.3 is 5.97 Å². The number of benzene rings is 1. The maximum atomic E-state index is 12.9. The molecule has 0 bridgehead atoms. The molecule has 1 aromatic carbocycles. The quantitative estimate of drug-likeness (QED) is 0.317. The van der Waals surface area contributed by atoms with Crippen LogP contribution in [0, 0.1) is 5.92 Å². The van der Waals surface area contributed by atoms with Crippen LogP contribution in [0.5, 0.6) is 0 Å². The lowest BCUT2D eigenvalue weighted by Crippen LogP contribution is -2.41. The summed E-state index contributed by atoms with van der Waals surface area (Å²) in [6.07, 6.45) is 7.98. The van der Waals surface area contributed by atoms with Crippen molar-refractivity contribution >= 4 is 29.6 Å². The number of carbonyl (C=O) groups is 3. The number of ketones is 1. The number of allylic oxidation sites excluding steroid dienone is 1. The van der Waals surface area contributed by atoms with E-state index in [0.29, 0.717) is 37.1 Å². The van der Waals surface area contributed by atoms with Crippen LogP contribution in [0.3, 0.4) is 0 Å². The van der Waals surface area contributed by atoms with Gasteiger partial charge < -0.3 is 14.5 Å². The molecule has 0 unspecified atom stereocenters. The number of piperidine rings is 2. The number of likely N-dealkylation sites (tertiary alicyclic amines) is 1. The molecular weight excluding hydrogens is 454 g/mol. The predicted molar refractivity (Wildman–Crippen MR) is 140 cm³/mol. The van der Waals surface area contributed by atoms with Crippen molar-refractivity contribution in [3.63, 3.8) is 0 Å². The largest absolute Gasteiger partial charge is 0.463 e. The van der Waals surface area contributed by atoms with E-state index in [9.17, 15) is 14.4 Å². The van der Waals surface area contributed by atoms with Gasteiger partial charge in [0.2, 0.25) is 0 Å². The van der Waals surface area contributed by atoms with Gasteiger partial charge in [-0.3, -0.25) is 14.4 Å². The molecule has 2 saturated heterocycles. The number of hydrogen-bond acceptors (Lipinski definition) is 6. The molecule has 0 radical (unpaired) electrons. The van der Waals surface area contributed by atoms with E-state index >= 15 is 0 Å². The van der Waals surface area contributed by atoms with Gasteiger partial charge in [-0.05, 0) is 82.4 Å². The van der Waals surface area contributed by atoms with Gasteiger partial charge in [0.1, 0.15) is 5.82 Å². The van der Waals surface area contributed by atoms with Gasteiger partial charge in [-0.2, -0.15) is 0 Å². The highest BCUT2D eigenvalue weighted by molar-refractivity contribution is 6.07. The Morgan fingerprint density at radius 2 is 1.58 bits per heavy atom. The second-order valence-corrected chi connectivity index (χ2v) is 9.80. The molecule has 1 amide bonds. The maximum absolute atomic E-state index is 12.9. The topological polar surface area (TPSA) is 79.8 Å². The van der Waals surface area contributed by atoms with Gasteiger partial charge in [-0.15, -0.1) is 0 Å². The van der Waals surface area contributed by atoms with E-state index in [4.69, 9.17) is 4.74 Å². The smallest absolute Gasteiger partial charge is 0.309 e. The Morgan fingerprint density at radius 1 is 0.917 bits per heavy atom. The summed E-state index contributed by atoms with van der Waals surface area (Å²) in [6.45, 7) is 6.75. The Balaban J connectivity index is 1.32. The van der Waals surface area contributed by atoms with E-state index in [1.165, 1.54) is 25.3 Å². The number of amides is 1. The highest BCUT2D eigenvalue weighted by Gasteiger charge is 2.29. The molecule has 2 aromatic rings. The molecule has 36 heavy (non-hydrogen) atoms. The molecule has 7 heteroatoms. The minimum atomic E-state index is -0.179. The van der Waals surface area contributed by atoms with E-state index < -0.39 is 0 Å². The summed E-state index contributed by atoms with van der Waals surface area (Å²) in [5.41, 5.74) is 1.80. The summed E-state index contributed by atoms with van der Waals surface area (Å²) in [4.78, 5) is 46.5. The first-order chi connectivity index (χ1) is 17.4. The predicted octanol–water partition coefficient (Wildman–Crippen LogP) is 4.77. The van der Waals surface area contributed by atoms with Crippen molar-refractivity contribution < 1.29 is 19.1 Å². The SMILES string of the molecule is CC(C)OC(=O)C1CCN(C(=O)c2ccc(C(=O)C=Cc3cccc(N4CCCCC4)n3)cc2)CC1. The van der Waals surface area contributed by atoms with E-state index in [1.54, 1.807) is 35.2 Å². The second-order valence-electron chi connectivity index (χ2n) is 9.80. The molecule has 3 heterocycles. The van der Waals surface area contributed by atoms with Gasteiger partial charge in [0, 0.05) is 37.3 Å². The van der Waals surface area contributed by atoms with Crippen LogP contribution in [0.2, 0.25) is 0 Å². The van der Waals surface area contributed by atoms with Gasteiger partial charge in [0.05, 0.1) is 17.7 Å². The van der Waals surface area contributed by atoms with Crippen molar-refractivity contribution in [3.8, 4) is 0 Å². The molecule has 2 fully saturated rings. The van der Waals surface area contributed by atoms with Gasteiger partial charge in [0.25, 0.3) is 5.91 Å². The third kappa shape index (κ3) is 6.59. The maximum Gasteiger partial charge on any atom is 0.309 e. The molecule has 0 spiro atoms. The zero-order valence-corrected chi connectivity index (χ0v) is 21.2. The van der Waals surface area contributed by atoms with Crippen molar-refractivity contribution in [2.45, 2.75) is 52.1 Å². The number of pyridine rings is 1. The summed E-state index contributed by atoms with van der Waals surface area (Å²) in [6, 6.07) is 12.6. The van der Waals surface area contributed by atoms with Crippen LogP contribution < -0.4 is 4.90 Å². The Hall–Kier alpha value is -3.48. The lowest BCUT2D eigenvalue weighted by molar-refractivity contribution is -0.153. The number of aromatic nitrogens is 1. The summed E-state index contributed by atoms with van der Waals surface area (Å²) < 4.78 is 5.30. The standard InChI is InChI=1S/C29H35N3O4/c1-21(2)36-29(35)24-15-19-32(20-16-24)28(34)23-11-9-22(10-12-23)26(33)14-13-25-7-6-8-27(30-25)31-17-4-3-5-18-31/h6-14,21,24H,3-5,15-20H2,1-2H3. The van der Waals surface area contributed by atoms with Crippen molar-refractivity contribution in [1.82, 2.24) is 9.88 Å². The number of carbonyl (C=O) groups excluding carboxylic acids is 3. The second kappa shape index (κ2) is 12.0. The normalized spacial score (nSPS) is 17.0. The van der Waals surface area contributed by atoms with E-state index in [2.05, 4.69) is 9.88 Å². The minimum Gasteiger partial charge on any atom is -0.463 e. The molecule has 0 saturated carbocycles. The van der Waals surface area contributed by atoms with E-state index in [-0.39, 0.29) is 29.7 Å². The van der Waals surface area contributed by atoms with Gasteiger partial charge in [-0.25, -0.2) is 4.98 Å². The lowest BCUT2D eigenvalue weighted by Gasteiger charge is -2.31. The van der Waals surface area contributed by atoms with Crippen molar-refractivity contribution in [1.29, 1.82) is 0 Å². The summed E-state index contributed by atoms with van der Waals surface area (Å²) in [5.74, 6) is 0.398. The zero-order valence-electron chi connectivity index (χ0n) is 21.2. The molecule has 1 aromatic heterocycles. The number of esters is 1. The van der Waals surface area contributed by atoms with E-state index in [0.717, 1.165) is 24.6 Å². The van der Waals surface area contributed by atoms with Crippen LogP contribution in [0.15, 0.2) is 48.5 Å². The Kier molecular flexibility index (Phi) is 8.52. The fraction of sp³-hybridized carbons (Fsp3) is 0.448. The van der Waals surface area contributed by atoms with Crippen LogP contribution in [-0.4, -0.2) is 59.8 Å². The highest BCUT2D eigenvalue weighted by atomic mass is 16.5. The molecule has 4 rings (SSSR count). The summed E-state index contributed by atoms with van der Waals surface area (Å²) in [7, 11) is 0. The molecule has 7 nitrogen and oxygen atoms in total. The van der Waals surface area contributed by atoms with Crippen LogP contribution in [-0.2, 0) is 9.53 Å². The van der Waals surface area contributed by atoms with Gasteiger partial charge in [0.15, 0.2) is 5.78 Å². The molecule has 0 aliphatic carbocycles. The molecule has 2 aliphatic heterocycles. The summed E-state index contributed by atoms with van der Waals surface area (Å²) in [5, 5.41) is 0. The van der Waals surface area contributed by atoms with Crippen LogP contribution in [0.1, 0.15) is 72.4 Å². The molecule has 2 aliphatic rings. The fourth-order valence-corrected chi connectivity index (χ4v) is 4.70.